The second-order valence-electron chi connectivity index (χ2n) is 6.46. The van der Waals surface area contributed by atoms with Gasteiger partial charge in [-0.25, -0.2) is 4.39 Å². The predicted molar refractivity (Wildman–Crippen MR) is 65.5 cm³/mol. The van der Waals surface area contributed by atoms with E-state index in [1.165, 1.54) is 4.74 Å². The molecule has 6 nitrogen and oxygen atoms in total. The zero-order valence-electron chi connectivity index (χ0n) is 15.6. The van der Waals surface area contributed by atoms with Crippen molar-refractivity contribution in [1.29, 1.82) is 0 Å². The van der Waals surface area contributed by atoms with E-state index in [0.29, 0.717) is 0 Å². The first-order valence-corrected chi connectivity index (χ1v) is 7.80. The molecule has 1 saturated heterocycles. The maximum atomic E-state index is 14.4. The number of carbonyl (C=O) groups excluding carboxylic acids is 2. The van der Waals surface area contributed by atoms with Crippen molar-refractivity contribution in [1.82, 2.24) is 10.2 Å². The number of ether oxygens (including phenoxy) is 1. The molecule has 3 atom stereocenters. The molecule has 0 aromatic carbocycles. The Morgan fingerprint density at radius 3 is 1.31 bits per heavy atom. The van der Waals surface area contributed by atoms with E-state index in [2.05, 4.69) is 0 Å². The fraction of sp³-hybridized carbons (Fsp3) is 0.833. The molecule has 1 fully saturated rings. The van der Waals surface area contributed by atoms with E-state index >= 15 is 0 Å². The number of alkyl halides is 18. The first-order valence-electron chi connectivity index (χ1n) is 7.80. The molecule has 24 heteroatoms. The molecule has 0 bridgehead atoms. The molecular weight excluding hydrogens is 578 g/mol. The highest BCUT2D eigenvalue weighted by atomic mass is 19.4. The zero-order chi connectivity index (χ0) is 29.4. The number of amides is 1. The lowest BCUT2D eigenvalue weighted by molar-refractivity contribution is -0.601. The highest BCUT2D eigenvalue weighted by Gasteiger charge is 2.98. The van der Waals surface area contributed by atoms with E-state index in [0.717, 1.165) is 0 Å². The maximum absolute atomic E-state index is 14.4. The molecule has 3 unspecified atom stereocenters. The van der Waals surface area contributed by atoms with Gasteiger partial charge in [-0.3, -0.25) is 9.53 Å². The summed E-state index contributed by atoms with van der Waals surface area (Å²) in [6.07, 6.45) is -23.8. The van der Waals surface area contributed by atoms with E-state index in [-0.39, 0.29) is 5.32 Å². The maximum Gasteiger partial charge on any atom is 0.456 e. The minimum atomic E-state index is -8.51. The van der Waals surface area contributed by atoms with Gasteiger partial charge in [0.1, 0.15) is 0 Å². The first kappa shape index (κ1) is 31.6. The van der Waals surface area contributed by atoms with Crippen LogP contribution in [0, 0.1) is 0 Å². The Bertz CT molecular complexity index is 860. The molecule has 1 rings (SSSR count). The summed E-state index contributed by atoms with van der Waals surface area (Å²) >= 11 is 0. The standard InChI is InChI=1S/C12H4F18N2O4/c13-4(7(16,17)18,3(35)31-1-2(33)34)10(25,26)32-11(27,28)5(14,8(19,20)21)36-6(15,9(22,23)24)12(32,29)30/h1H2,(H,31,35)(H,33,34)/p-1. The van der Waals surface area contributed by atoms with E-state index < -0.39 is 77.4 Å². The average molecular weight is 581 g/mol. The minimum Gasteiger partial charge on any atom is -0.548 e. The van der Waals surface area contributed by atoms with Crippen LogP contribution in [0.2, 0.25) is 0 Å². The molecule has 1 amide bonds. The molecule has 0 aromatic rings. The van der Waals surface area contributed by atoms with Crippen LogP contribution in [-0.2, 0) is 14.3 Å². The summed E-state index contributed by atoms with van der Waals surface area (Å²) in [6.45, 7) is -2.47. The topological polar surface area (TPSA) is 81.7 Å². The van der Waals surface area contributed by atoms with Crippen molar-refractivity contribution < 1.29 is 98.5 Å². The van der Waals surface area contributed by atoms with Crippen LogP contribution < -0.4 is 10.4 Å². The molecule has 0 radical (unpaired) electrons. The summed E-state index contributed by atoms with van der Waals surface area (Å²) in [6, 6.07) is -25.1. The lowest BCUT2D eigenvalue weighted by Crippen LogP contribution is -2.87. The summed E-state index contributed by atoms with van der Waals surface area (Å²) in [5, 5.41) is 10.1. The van der Waals surface area contributed by atoms with Crippen molar-refractivity contribution in [3.63, 3.8) is 0 Å². The van der Waals surface area contributed by atoms with Crippen molar-refractivity contribution in [2.24, 2.45) is 0 Å². The third-order valence-electron chi connectivity index (χ3n) is 4.14. The quantitative estimate of drug-likeness (QED) is 0.399. The van der Waals surface area contributed by atoms with E-state index in [1.807, 2.05) is 0 Å². The fourth-order valence-corrected chi connectivity index (χ4v) is 2.45. The smallest absolute Gasteiger partial charge is 0.456 e. The van der Waals surface area contributed by atoms with Crippen LogP contribution in [0.1, 0.15) is 0 Å². The molecule has 0 saturated carbocycles. The molecule has 212 valence electrons. The van der Waals surface area contributed by atoms with Gasteiger partial charge >= 0.3 is 54.0 Å². The van der Waals surface area contributed by atoms with Gasteiger partial charge in [-0.2, -0.15) is 74.6 Å². The molecule has 1 aliphatic rings. The van der Waals surface area contributed by atoms with E-state index in [4.69, 9.17) is 0 Å². The summed E-state index contributed by atoms with van der Waals surface area (Å²) < 4.78 is 245. The summed E-state index contributed by atoms with van der Waals surface area (Å²) in [7, 11) is 0. The second-order valence-corrected chi connectivity index (χ2v) is 6.46. The Morgan fingerprint density at radius 1 is 0.722 bits per heavy atom. The molecule has 0 spiro atoms. The highest BCUT2D eigenvalue weighted by Crippen LogP contribution is 2.66. The number of halogens is 18. The number of hydrogen-bond acceptors (Lipinski definition) is 5. The molecule has 0 aromatic heterocycles. The van der Waals surface area contributed by atoms with Crippen molar-refractivity contribution >= 4 is 11.9 Å². The number of nitrogens with one attached hydrogen (secondary N) is 1. The second kappa shape index (κ2) is 8.05. The fourth-order valence-electron chi connectivity index (χ4n) is 2.45. The van der Waals surface area contributed by atoms with Gasteiger partial charge in [0, 0.05) is 0 Å². The van der Waals surface area contributed by atoms with Crippen LogP contribution in [-0.4, -0.2) is 77.4 Å². The third-order valence-corrected chi connectivity index (χ3v) is 4.14. The van der Waals surface area contributed by atoms with Gasteiger partial charge in [0.2, 0.25) is 0 Å². The van der Waals surface area contributed by atoms with Crippen molar-refractivity contribution in [2.75, 3.05) is 6.54 Å². The third kappa shape index (κ3) is 3.95. The number of carboxylic acids is 1. The molecule has 1 heterocycles. The molecule has 0 aliphatic carbocycles. The van der Waals surface area contributed by atoms with Crippen LogP contribution in [0.25, 0.3) is 0 Å². The molecule has 1 N–H and O–H groups in total. The predicted octanol–water partition coefficient (Wildman–Crippen LogP) is 2.69. The van der Waals surface area contributed by atoms with E-state index in [1.54, 1.807) is 0 Å². The normalized spacial score (nSPS) is 29.4. The van der Waals surface area contributed by atoms with Crippen LogP contribution in [0.15, 0.2) is 0 Å². The van der Waals surface area contributed by atoms with Crippen molar-refractivity contribution in [3.8, 4) is 0 Å². The van der Waals surface area contributed by atoms with E-state index in [9.17, 15) is 93.7 Å². The lowest BCUT2D eigenvalue weighted by atomic mass is 9.95. The Balaban J connectivity index is 4.19. The van der Waals surface area contributed by atoms with Crippen LogP contribution in [0.5, 0.6) is 0 Å². The van der Waals surface area contributed by atoms with Crippen LogP contribution in [0.3, 0.4) is 0 Å². The zero-order valence-corrected chi connectivity index (χ0v) is 15.6. The summed E-state index contributed by atoms with van der Waals surface area (Å²) in [5.74, 6) is -23.2. The van der Waals surface area contributed by atoms with Crippen molar-refractivity contribution in [3.05, 3.63) is 0 Å². The monoisotopic (exact) mass is 581 g/mol. The number of nitrogens with zero attached hydrogens (tertiary/aromatic N) is 1. The number of morpholine rings is 1. The van der Waals surface area contributed by atoms with Gasteiger partial charge in [0.05, 0.1) is 12.5 Å². The largest absolute Gasteiger partial charge is 0.548 e. The van der Waals surface area contributed by atoms with Crippen LogP contribution >= 0.6 is 0 Å². The van der Waals surface area contributed by atoms with Gasteiger partial charge in [-0.1, -0.05) is 0 Å². The van der Waals surface area contributed by atoms with Gasteiger partial charge in [0.15, 0.2) is 0 Å². The number of hydrogen-bond donors (Lipinski definition) is 1. The molecule has 36 heavy (non-hydrogen) atoms. The Kier molecular flexibility index (Phi) is 7.07. The molecular formula is C12H3F18N2O4-. The van der Waals surface area contributed by atoms with Gasteiger partial charge in [0.25, 0.3) is 5.91 Å². The summed E-state index contributed by atoms with van der Waals surface area (Å²) in [4.78, 5) is 16.6. The number of rotatable bonds is 5. The average Bonchev–Trinajstić information content (AvgIpc) is 2.60. The number of aliphatic carboxylic acids is 1. The van der Waals surface area contributed by atoms with Gasteiger partial charge in [-0.05, 0) is 0 Å². The van der Waals surface area contributed by atoms with Gasteiger partial charge in [-0.15, -0.1) is 4.90 Å². The lowest BCUT2D eigenvalue weighted by Gasteiger charge is -2.55. The van der Waals surface area contributed by atoms with Crippen molar-refractivity contribution in [2.45, 2.75) is 54.0 Å². The Morgan fingerprint density at radius 2 is 1.06 bits per heavy atom. The Labute approximate surface area is 182 Å². The van der Waals surface area contributed by atoms with Gasteiger partial charge < -0.3 is 15.2 Å². The minimum absolute atomic E-state index is 0.0245. The Hall–Kier alpha value is -2.40. The summed E-state index contributed by atoms with van der Waals surface area (Å²) in [5.41, 5.74) is -7.85. The number of carbonyl (C=O) groups is 2. The first-order chi connectivity index (χ1) is 15.4. The number of carboxylic acid groups (broad SMARTS) is 1. The van der Waals surface area contributed by atoms with Crippen LogP contribution in [0.4, 0.5) is 79.0 Å². The SMILES string of the molecule is O=C([O-])CNC(=O)C(F)(C(F)(F)F)C(F)(F)N1C(F)(F)C(F)(C(F)(F)F)OC(F)(C(F)(F)F)C1(F)F. The highest BCUT2D eigenvalue weighted by molar-refractivity contribution is 5.89. The molecule has 1 aliphatic heterocycles.